The lowest BCUT2D eigenvalue weighted by Gasteiger charge is -2.03. The van der Waals surface area contributed by atoms with Crippen LogP contribution in [0.4, 0.5) is 0 Å². The molecule has 0 saturated carbocycles. The first-order valence-corrected chi connectivity index (χ1v) is 5.22. The van der Waals surface area contributed by atoms with Crippen molar-refractivity contribution in [2.24, 2.45) is 0 Å². The highest BCUT2D eigenvalue weighted by molar-refractivity contribution is 5.99. The zero-order chi connectivity index (χ0) is 12.8. The van der Waals surface area contributed by atoms with Crippen LogP contribution in [0.3, 0.4) is 0 Å². The molecule has 0 aromatic carbocycles. The van der Waals surface area contributed by atoms with Gasteiger partial charge in [0.25, 0.3) is 5.91 Å². The molecule has 0 aliphatic heterocycles. The fourth-order valence-electron chi connectivity index (χ4n) is 1.24. The molecule has 0 atom stereocenters. The molecule has 0 spiro atoms. The van der Waals surface area contributed by atoms with Gasteiger partial charge in [0, 0.05) is 31.8 Å². The summed E-state index contributed by atoms with van der Waals surface area (Å²) in [7, 11) is 0. The van der Waals surface area contributed by atoms with Gasteiger partial charge in [-0.2, -0.15) is 0 Å². The molecule has 1 rings (SSSR count). The van der Waals surface area contributed by atoms with Crippen molar-refractivity contribution in [1.82, 2.24) is 15.6 Å². The number of hydrogen-bond acceptors (Lipinski definition) is 3. The van der Waals surface area contributed by atoms with Gasteiger partial charge in [0.15, 0.2) is 5.78 Å². The van der Waals surface area contributed by atoms with Crippen molar-refractivity contribution in [3.05, 3.63) is 23.5 Å². The molecule has 2 amide bonds. The van der Waals surface area contributed by atoms with E-state index in [4.69, 9.17) is 0 Å². The molecule has 1 heterocycles. The molecule has 1 aromatic rings. The minimum atomic E-state index is -0.303. The van der Waals surface area contributed by atoms with Gasteiger partial charge in [-0.15, -0.1) is 0 Å². The van der Waals surface area contributed by atoms with Crippen LogP contribution in [-0.4, -0.2) is 35.7 Å². The molecule has 92 valence electrons. The van der Waals surface area contributed by atoms with Gasteiger partial charge >= 0.3 is 0 Å². The Morgan fingerprint density at radius 1 is 1.18 bits per heavy atom. The Balaban J connectivity index is 2.41. The second-order valence-electron chi connectivity index (χ2n) is 3.60. The SMILES string of the molecule is CC(=O)NCCNC(=O)c1cc(C(C)=O)c[nH]1. The average molecular weight is 237 g/mol. The molecule has 17 heavy (non-hydrogen) atoms. The summed E-state index contributed by atoms with van der Waals surface area (Å²) in [4.78, 5) is 35.9. The van der Waals surface area contributed by atoms with Crippen molar-refractivity contribution < 1.29 is 14.4 Å². The molecule has 0 aliphatic rings. The maximum atomic E-state index is 11.6. The predicted molar refractivity (Wildman–Crippen MR) is 61.8 cm³/mol. The number of amides is 2. The number of nitrogens with one attached hydrogen (secondary N) is 3. The van der Waals surface area contributed by atoms with Crippen LogP contribution in [0.5, 0.6) is 0 Å². The normalized spacial score (nSPS) is 9.76. The van der Waals surface area contributed by atoms with Crippen molar-refractivity contribution in [1.29, 1.82) is 0 Å². The van der Waals surface area contributed by atoms with Gasteiger partial charge in [-0.3, -0.25) is 14.4 Å². The highest BCUT2D eigenvalue weighted by atomic mass is 16.2. The van der Waals surface area contributed by atoms with Gasteiger partial charge in [0.1, 0.15) is 5.69 Å². The van der Waals surface area contributed by atoms with Gasteiger partial charge in [-0.05, 0) is 13.0 Å². The molecule has 0 unspecified atom stereocenters. The predicted octanol–water partition coefficient (Wildman–Crippen LogP) is 0.0832. The first-order valence-electron chi connectivity index (χ1n) is 5.22. The Kier molecular flexibility index (Phi) is 4.45. The van der Waals surface area contributed by atoms with Crippen LogP contribution in [0.1, 0.15) is 34.7 Å². The Hall–Kier alpha value is -2.11. The summed E-state index contributed by atoms with van der Waals surface area (Å²) in [6.07, 6.45) is 1.49. The minimum absolute atomic E-state index is 0.0986. The van der Waals surface area contributed by atoms with Crippen LogP contribution < -0.4 is 10.6 Å². The number of aromatic nitrogens is 1. The fourth-order valence-corrected chi connectivity index (χ4v) is 1.24. The Morgan fingerprint density at radius 3 is 2.35 bits per heavy atom. The van der Waals surface area contributed by atoms with Crippen LogP contribution in [0.15, 0.2) is 12.3 Å². The molecule has 0 radical (unpaired) electrons. The summed E-state index contributed by atoms with van der Waals surface area (Å²) in [6.45, 7) is 3.56. The third-order valence-corrected chi connectivity index (χ3v) is 2.12. The Morgan fingerprint density at radius 2 is 1.82 bits per heavy atom. The number of ketones is 1. The van der Waals surface area contributed by atoms with E-state index in [1.807, 2.05) is 0 Å². The molecule has 6 heteroatoms. The van der Waals surface area contributed by atoms with E-state index in [0.29, 0.717) is 24.3 Å². The Bertz CT molecular complexity index is 437. The molecule has 0 saturated heterocycles. The highest BCUT2D eigenvalue weighted by Crippen LogP contribution is 2.03. The van der Waals surface area contributed by atoms with E-state index in [-0.39, 0.29) is 17.6 Å². The van der Waals surface area contributed by atoms with Gasteiger partial charge in [-0.1, -0.05) is 0 Å². The van der Waals surface area contributed by atoms with Crippen molar-refractivity contribution in [2.75, 3.05) is 13.1 Å². The van der Waals surface area contributed by atoms with Crippen molar-refractivity contribution >= 4 is 17.6 Å². The second-order valence-corrected chi connectivity index (χ2v) is 3.60. The van der Waals surface area contributed by atoms with Gasteiger partial charge < -0.3 is 15.6 Å². The molecular formula is C11H15N3O3. The summed E-state index contributed by atoms with van der Waals surface area (Å²) >= 11 is 0. The second kappa shape index (κ2) is 5.83. The molecule has 0 aliphatic carbocycles. The number of aromatic amines is 1. The maximum absolute atomic E-state index is 11.6. The van der Waals surface area contributed by atoms with Crippen molar-refractivity contribution in [3.63, 3.8) is 0 Å². The minimum Gasteiger partial charge on any atom is -0.356 e. The van der Waals surface area contributed by atoms with E-state index >= 15 is 0 Å². The first-order chi connectivity index (χ1) is 8.00. The van der Waals surface area contributed by atoms with Gasteiger partial charge in [-0.25, -0.2) is 0 Å². The van der Waals surface area contributed by atoms with Crippen LogP contribution >= 0.6 is 0 Å². The molecule has 0 fully saturated rings. The van der Waals surface area contributed by atoms with Crippen molar-refractivity contribution in [3.8, 4) is 0 Å². The van der Waals surface area contributed by atoms with Gasteiger partial charge in [0.2, 0.25) is 5.91 Å². The van der Waals surface area contributed by atoms with Crippen molar-refractivity contribution in [2.45, 2.75) is 13.8 Å². The quantitative estimate of drug-likeness (QED) is 0.500. The zero-order valence-corrected chi connectivity index (χ0v) is 9.79. The van der Waals surface area contributed by atoms with E-state index in [0.717, 1.165) is 0 Å². The number of Topliss-reactive ketones (excluding diaryl/α,β-unsaturated/α-hetero) is 1. The van der Waals surface area contributed by atoms with E-state index in [1.54, 1.807) is 0 Å². The molecule has 0 bridgehead atoms. The number of H-pyrrole nitrogens is 1. The van der Waals surface area contributed by atoms with Crippen LogP contribution in [0.2, 0.25) is 0 Å². The van der Waals surface area contributed by atoms with E-state index in [9.17, 15) is 14.4 Å². The molecule has 1 aromatic heterocycles. The number of rotatable bonds is 5. The molecule has 3 N–H and O–H groups in total. The summed E-state index contributed by atoms with van der Waals surface area (Å²) in [5.74, 6) is -0.542. The number of carbonyl (C=O) groups excluding carboxylic acids is 3. The zero-order valence-electron chi connectivity index (χ0n) is 9.79. The average Bonchev–Trinajstić information content (AvgIpc) is 2.73. The largest absolute Gasteiger partial charge is 0.356 e. The highest BCUT2D eigenvalue weighted by Gasteiger charge is 2.09. The number of hydrogen-bond donors (Lipinski definition) is 3. The standard InChI is InChI=1S/C11H15N3O3/c1-7(15)9-5-10(14-6-9)11(17)13-4-3-12-8(2)16/h5-6,14H,3-4H2,1-2H3,(H,12,16)(H,13,17). The number of carbonyl (C=O) groups is 3. The fraction of sp³-hybridized carbons (Fsp3) is 0.364. The lowest BCUT2D eigenvalue weighted by molar-refractivity contribution is -0.118. The third-order valence-electron chi connectivity index (χ3n) is 2.12. The topological polar surface area (TPSA) is 91.1 Å². The summed E-state index contributed by atoms with van der Waals surface area (Å²) in [5.41, 5.74) is 0.801. The summed E-state index contributed by atoms with van der Waals surface area (Å²) in [6, 6.07) is 1.50. The van der Waals surface area contributed by atoms with Gasteiger partial charge in [0.05, 0.1) is 0 Å². The summed E-state index contributed by atoms with van der Waals surface area (Å²) < 4.78 is 0. The Labute approximate surface area is 98.8 Å². The monoisotopic (exact) mass is 237 g/mol. The lowest BCUT2D eigenvalue weighted by Crippen LogP contribution is -2.33. The third kappa shape index (κ3) is 4.10. The smallest absolute Gasteiger partial charge is 0.267 e. The molecular weight excluding hydrogens is 222 g/mol. The van der Waals surface area contributed by atoms with Crippen LogP contribution in [-0.2, 0) is 4.79 Å². The summed E-state index contributed by atoms with van der Waals surface area (Å²) in [5, 5.41) is 5.17. The van der Waals surface area contributed by atoms with E-state index < -0.39 is 0 Å². The lowest BCUT2D eigenvalue weighted by atomic mass is 10.2. The molecule has 6 nitrogen and oxygen atoms in total. The van der Waals surface area contributed by atoms with E-state index in [1.165, 1.54) is 26.1 Å². The van der Waals surface area contributed by atoms with Crippen LogP contribution in [0.25, 0.3) is 0 Å². The van der Waals surface area contributed by atoms with Crippen LogP contribution in [0, 0.1) is 0 Å². The first kappa shape index (κ1) is 13.0. The van der Waals surface area contributed by atoms with E-state index in [2.05, 4.69) is 15.6 Å². The maximum Gasteiger partial charge on any atom is 0.267 e.